The Bertz CT molecular complexity index is 1090. The van der Waals surface area contributed by atoms with Crippen molar-refractivity contribution in [3.05, 3.63) is 70.9 Å². The van der Waals surface area contributed by atoms with Gasteiger partial charge in [0.15, 0.2) is 5.76 Å². The van der Waals surface area contributed by atoms with Gasteiger partial charge in [0, 0.05) is 24.7 Å². The molecule has 5 nitrogen and oxygen atoms in total. The largest absolute Gasteiger partial charge is 0.356 e. The first-order valence-electron chi connectivity index (χ1n) is 9.12. The number of fused-ring (bicyclic) bond motifs is 1. The first-order chi connectivity index (χ1) is 13.0. The van der Waals surface area contributed by atoms with Gasteiger partial charge in [-0.1, -0.05) is 48.5 Å². The van der Waals surface area contributed by atoms with Gasteiger partial charge in [0.05, 0.1) is 10.6 Å². The van der Waals surface area contributed by atoms with Gasteiger partial charge in [-0.15, -0.1) is 0 Å². The Kier molecular flexibility index (Phi) is 4.61. The number of rotatable bonds is 4. The molecule has 0 atom stereocenters. The maximum atomic E-state index is 13.4. The van der Waals surface area contributed by atoms with E-state index in [9.17, 15) is 8.42 Å². The number of sulfonamides is 1. The van der Waals surface area contributed by atoms with Crippen molar-refractivity contribution in [2.75, 3.05) is 6.54 Å². The molecule has 0 amide bonds. The van der Waals surface area contributed by atoms with Gasteiger partial charge in [-0.25, -0.2) is 8.42 Å². The second kappa shape index (κ2) is 6.94. The Balaban J connectivity index is 1.75. The van der Waals surface area contributed by atoms with Crippen molar-refractivity contribution in [3.63, 3.8) is 0 Å². The summed E-state index contributed by atoms with van der Waals surface area (Å²) in [5.74, 6) is 0.579. The molecule has 0 N–H and O–H groups in total. The Morgan fingerprint density at radius 1 is 1.11 bits per heavy atom. The molecule has 0 unspecified atom stereocenters. The van der Waals surface area contributed by atoms with Crippen molar-refractivity contribution in [3.8, 4) is 11.3 Å². The van der Waals surface area contributed by atoms with Crippen LogP contribution in [0.15, 0.2) is 57.9 Å². The lowest BCUT2D eigenvalue weighted by Gasteiger charge is -2.29. The predicted molar refractivity (Wildman–Crippen MR) is 104 cm³/mol. The second-order valence-electron chi connectivity index (χ2n) is 6.87. The maximum Gasteiger partial charge on any atom is 0.243 e. The van der Waals surface area contributed by atoms with Crippen LogP contribution in [-0.4, -0.2) is 24.4 Å². The molecule has 6 heteroatoms. The van der Waals surface area contributed by atoms with Crippen LogP contribution in [0.5, 0.6) is 0 Å². The molecule has 4 rings (SSSR count). The molecule has 3 aromatic rings. The molecule has 0 saturated carbocycles. The zero-order valence-corrected chi connectivity index (χ0v) is 16.3. The van der Waals surface area contributed by atoms with Gasteiger partial charge >= 0.3 is 0 Å². The molecule has 1 aliphatic rings. The van der Waals surface area contributed by atoms with E-state index >= 15 is 0 Å². The van der Waals surface area contributed by atoms with Gasteiger partial charge < -0.3 is 4.52 Å². The van der Waals surface area contributed by atoms with Crippen LogP contribution in [-0.2, 0) is 29.4 Å². The Labute approximate surface area is 159 Å². The van der Waals surface area contributed by atoms with E-state index < -0.39 is 10.0 Å². The molecule has 0 saturated heterocycles. The highest BCUT2D eigenvalue weighted by Gasteiger charge is 2.30. The lowest BCUT2D eigenvalue weighted by atomic mass is 10.0. The van der Waals surface area contributed by atoms with Crippen molar-refractivity contribution in [1.29, 1.82) is 0 Å². The fraction of sp³-hybridized carbons (Fsp3) is 0.286. The number of hydrogen-bond acceptors (Lipinski definition) is 4. The zero-order chi connectivity index (χ0) is 19.0. The number of nitrogens with zero attached hydrogens (tertiary/aromatic N) is 2. The molecule has 2 heterocycles. The van der Waals surface area contributed by atoms with Crippen LogP contribution < -0.4 is 0 Å². The van der Waals surface area contributed by atoms with E-state index in [4.69, 9.17) is 4.52 Å². The van der Waals surface area contributed by atoms with Crippen molar-refractivity contribution >= 4 is 10.0 Å². The summed E-state index contributed by atoms with van der Waals surface area (Å²) in [6, 6.07) is 15.3. The highest BCUT2D eigenvalue weighted by Crippen LogP contribution is 2.31. The predicted octanol–water partition coefficient (Wildman–Crippen LogP) is 3.96. The van der Waals surface area contributed by atoms with E-state index in [2.05, 4.69) is 11.2 Å². The average Bonchev–Trinajstić information content (AvgIpc) is 3.13. The lowest BCUT2D eigenvalue weighted by molar-refractivity contribution is 0.391. The molecule has 0 spiro atoms. The molecule has 0 fully saturated rings. The minimum atomic E-state index is -3.60. The summed E-state index contributed by atoms with van der Waals surface area (Å²) in [4.78, 5) is 0.357. The van der Waals surface area contributed by atoms with E-state index in [0.717, 1.165) is 28.8 Å². The van der Waals surface area contributed by atoms with Crippen LogP contribution in [0.4, 0.5) is 0 Å². The first-order valence-corrected chi connectivity index (χ1v) is 10.6. The van der Waals surface area contributed by atoms with Crippen molar-refractivity contribution in [2.45, 2.75) is 38.1 Å². The van der Waals surface area contributed by atoms with Gasteiger partial charge in [0.1, 0.15) is 0 Å². The molecular formula is C21H22N2O3S. The van der Waals surface area contributed by atoms with Crippen LogP contribution >= 0.6 is 0 Å². The number of aromatic nitrogens is 1. The van der Waals surface area contributed by atoms with E-state index in [0.29, 0.717) is 30.2 Å². The smallest absolute Gasteiger partial charge is 0.243 e. The molecule has 140 valence electrons. The van der Waals surface area contributed by atoms with E-state index in [1.807, 2.05) is 50.2 Å². The lowest BCUT2D eigenvalue weighted by Crippen LogP contribution is -2.36. The molecular weight excluding hydrogens is 360 g/mol. The highest BCUT2D eigenvalue weighted by molar-refractivity contribution is 7.89. The summed E-state index contributed by atoms with van der Waals surface area (Å²) in [5.41, 5.74) is 4.61. The van der Waals surface area contributed by atoms with E-state index in [1.54, 1.807) is 10.4 Å². The highest BCUT2D eigenvalue weighted by atomic mass is 32.2. The van der Waals surface area contributed by atoms with E-state index in [1.165, 1.54) is 5.56 Å². The van der Waals surface area contributed by atoms with Gasteiger partial charge in [-0.3, -0.25) is 0 Å². The number of hydrogen-bond donors (Lipinski definition) is 0. The first kappa shape index (κ1) is 17.9. The standard InChI is InChI=1S/C21H22N2O3S/c1-3-16-8-9-18(20-12-15(2)22-26-20)13-21(16)27(24,25)23-11-10-17-6-4-5-7-19(17)14-23/h4-9,12-13H,3,10-11,14H2,1-2H3. The quantitative estimate of drug-likeness (QED) is 0.685. The summed E-state index contributed by atoms with van der Waals surface area (Å²) in [6.07, 6.45) is 1.38. The van der Waals surface area contributed by atoms with E-state index in [-0.39, 0.29) is 0 Å². The fourth-order valence-corrected chi connectivity index (χ4v) is 5.29. The summed E-state index contributed by atoms with van der Waals surface area (Å²) < 4.78 is 33.8. The van der Waals surface area contributed by atoms with Crippen LogP contribution in [0.2, 0.25) is 0 Å². The summed E-state index contributed by atoms with van der Waals surface area (Å²) >= 11 is 0. The molecule has 0 aliphatic carbocycles. The van der Waals surface area contributed by atoms with Gasteiger partial charge in [0.25, 0.3) is 0 Å². The minimum absolute atomic E-state index is 0.357. The summed E-state index contributed by atoms with van der Waals surface area (Å²) in [7, 11) is -3.60. The zero-order valence-electron chi connectivity index (χ0n) is 15.5. The van der Waals surface area contributed by atoms with Crippen LogP contribution in [0, 0.1) is 6.92 Å². The number of aryl methyl sites for hydroxylation is 2. The van der Waals surface area contributed by atoms with Crippen LogP contribution in [0.3, 0.4) is 0 Å². The van der Waals surface area contributed by atoms with Gasteiger partial charge in [-0.2, -0.15) is 4.31 Å². The Morgan fingerprint density at radius 3 is 2.59 bits per heavy atom. The third-order valence-corrected chi connectivity index (χ3v) is 7.00. The monoisotopic (exact) mass is 382 g/mol. The molecule has 1 aromatic heterocycles. The maximum absolute atomic E-state index is 13.4. The van der Waals surface area contributed by atoms with Crippen LogP contribution in [0.1, 0.15) is 29.3 Å². The summed E-state index contributed by atoms with van der Waals surface area (Å²) in [6.45, 7) is 4.72. The number of benzene rings is 2. The topological polar surface area (TPSA) is 63.4 Å². The Hall–Kier alpha value is -2.44. The van der Waals surface area contributed by atoms with Crippen molar-refractivity contribution in [2.24, 2.45) is 0 Å². The minimum Gasteiger partial charge on any atom is -0.356 e. The van der Waals surface area contributed by atoms with Crippen molar-refractivity contribution in [1.82, 2.24) is 9.46 Å². The fourth-order valence-electron chi connectivity index (χ4n) is 3.55. The van der Waals surface area contributed by atoms with Crippen molar-refractivity contribution < 1.29 is 12.9 Å². The van der Waals surface area contributed by atoms with Gasteiger partial charge in [0.2, 0.25) is 10.0 Å². The summed E-state index contributed by atoms with van der Waals surface area (Å²) in [5, 5.41) is 3.91. The molecule has 0 radical (unpaired) electrons. The Morgan fingerprint density at radius 2 is 1.89 bits per heavy atom. The van der Waals surface area contributed by atoms with Crippen LogP contribution in [0.25, 0.3) is 11.3 Å². The molecule has 2 aromatic carbocycles. The average molecular weight is 382 g/mol. The second-order valence-corrected chi connectivity index (χ2v) is 8.77. The SMILES string of the molecule is CCc1ccc(-c2cc(C)no2)cc1S(=O)(=O)N1CCc2ccccc2C1. The molecule has 0 bridgehead atoms. The normalized spacial score (nSPS) is 14.9. The third kappa shape index (κ3) is 3.31. The van der Waals surface area contributed by atoms with Gasteiger partial charge in [-0.05, 0) is 42.5 Å². The molecule has 27 heavy (non-hydrogen) atoms. The third-order valence-electron chi connectivity index (χ3n) is 5.07. The molecule has 1 aliphatic heterocycles.